The third-order valence-corrected chi connectivity index (χ3v) is 4.89. The van der Waals surface area contributed by atoms with Gasteiger partial charge in [-0.1, -0.05) is 42.7 Å². The van der Waals surface area contributed by atoms with Crippen molar-refractivity contribution in [2.24, 2.45) is 0 Å². The molecular weight excluding hydrogens is 326 g/mol. The van der Waals surface area contributed by atoms with Gasteiger partial charge in [0.2, 0.25) is 11.8 Å². The summed E-state index contributed by atoms with van der Waals surface area (Å²) in [6, 6.07) is 7.77. The second-order valence-electron chi connectivity index (χ2n) is 6.18. The van der Waals surface area contributed by atoms with Gasteiger partial charge < -0.3 is 9.42 Å². The van der Waals surface area contributed by atoms with Crippen LogP contribution in [-0.4, -0.2) is 34.0 Å². The standard InChI is InChI=1S/C18H22ClN3O2/c1-3-15(12-5-7-14(19)8-6-12)17-20-18(24-21-17)13-9-10-22(11-13)16(23)4-2/h5-8,13,15H,3-4,9-11H2,1-2H3/t13-,15-/m1/s1. The fourth-order valence-electron chi connectivity index (χ4n) is 3.23. The van der Waals surface area contributed by atoms with Gasteiger partial charge in [0, 0.05) is 30.5 Å². The van der Waals surface area contributed by atoms with E-state index in [0.29, 0.717) is 29.7 Å². The van der Waals surface area contributed by atoms with Crippen molar-refractivity contribution in [3.05, 3.63) is 46.6 Å². The molecule has 1 amide bonds. The van der Waals surface area contributed by atoms with E-state index in [-0.39, 0.29) is 17.7 Å². The fourth-order valence-corrected chi connectivity index (χ4v) is 3.36. The first-order valence-electron chi connectivity index (χ1n) is 8.49. The Bertz CT molecular complexity index is 699. The minimum absolute atomic E-state index is 0.0922. The zero-order valence-electron chi connectivity index (χ0n) is 14.0. The van der Waals surface area contributed by atoms with Crippen LogP contribution in [0.1, 0.15) is 62.2 Å². The molecule has 0 N–H and O–H groups in total. The first-order chi connectivity index (χ1) is 11.6. The van der Waals surface area contributed by atoms with Crippen molar-refractivity contribution in [3.8, 4) is 0 Å². The van der Waals surface area contributed by atoms with Crippen molar-refractivity contribution in [2.75, 3.05) is 13.1 Å². The monoisotopic (exact) mass is 347 g/mol. The summed E-state index contributed by atoms with van der Waals surface area (Å²) in [4.78, 5) is 18.3. The molecule has 1 aliphatic rings. The van der Waals surface area contributed by atoms with Crippen molar-refractivity contribution < 1.29 is 9.32 Å². The molecule has 1 aromatic heterocycles. The quantitative estimate of drug-likeness (QED) is 0.820. The van der Waals surface area contributed by atoms with Gasteiger partial charge >= 0.3 is 0 Å². The van der Waals surface area contributed by atoms with Crippen molar-refractivity contribution in [1.82, 2.24) is 15.0 Å². The summed E-state index contributed by atoms with van der Waals surface area (Å²) >= 11 is 5.96. The van der Waals surface area contributed by atoms with Gasteiger partial charge in [0.15, 0.2) is 5.82 Å². The molecular formula is C18H22ClN3O2. The van der Waals surface area contributed by atoms with Crippen LogP contribution in [0.25, 0.3) is 0 Å². The van der Waals surface area contributed by atoms with E-state index >= 15 is 0 Å². The van der Waals surface area contributed by atoms with Gasteiger partial charge in [-0.05, 0) is 30.5 Å². The number of amides is 1. The molecule has 0 radical (unpaired) electrons. The van der Waals surface area contributed by atoms with Crippen LogP contribution in [0.5, 0.6) is 0 Å². The lowest BCUT2D eigenvalue weighted by molar-refractivity contribution is -0.129. The Morgan fingerprint density at radius 2 is 2.12 bits per heavy atom. The van der Waals surface area contributed by atoms with Gasteiger partial charge in [-0.2, -0.15) is 4.98 Å². The van der Waals surface area contributed by atoms with E-state index in [1.807, 2.05) is 36.1 Å². The summed E-state index contributed by atoms with van der Waals surface area (Å²) in [6.07, 6.45) is 2.30. The van der Waals surface area contributed by atoms with E-state index in [4.69, 9.17) is 16.1 Å². The molecule has 0 unspecified atom stereocenters. The summed E-state index contributed by atoms with van der Waals surface area (Å²) in [7, 11) is 0. The number of aromatic nitrogens is 2. The van der Waals surface area contributed by atoms with Gasteiger partial charge in [0.25, 0.3) is 0 Å². The number of halogens is 1. The molecule has 1 aromatic carbocycles. The SMILES string of the molecule is CCC(=O)N1CC[C@@H](c2nc([C@H](CC)c3ccc(Cl)cc3)no2)C1. The summed E-state index contributed by atoms with van der Waals surface area (Å²) in [5.41, 5.74) is 1.13. The highest BCUT2D eigenvalue weighted by Gasteiger charge is 2.31. The molecule has 1 fully saturated rings. The lowest BCUT2D eigenvalue weighted by atomic mass is 9.96. The lowest BCUT2D eigenvalue weighted by Crippen LogP contribution is -2.27. The van der Waals surface area contributed by atoms with Gasteiger partial charge in [0.05, 0.1) is 5.92 Å². The Morgan fingerprint density at radius 1 is 1.38 bits per heavy atom. The number of carbonyl (C=O) groups is 1. The van der Waals surface area contributed by atoms with E-state index in [2.05, 4.69) is 17.1 Å². The third-order valence-electron chi connectivity index (χ3n) is 4.64. The maximum absolute atomic E-state index is 11.8. The largest absolute Gasteiger partial charge is 0.342 e. The molecule has 128 valence electrons. The fraction of sp³-hybridized carbons (Fsp3) is 0.500. The molecule has 2 aromatic rings. The predicted octanol–water partition coefficient (Wildman–Crippen LogP) is 3.99. The van der Waals surface area contributed by atoms with Crippen LogP contribution < -0.4 is 0 Å². The van der Waals surface area contributed by atoms with Crippen LogP contribution in [0.15, 0.2) is 28.8 Å². The average molecular weight is 348 g/mol. The maximum atomic E-state index is 11.8. The normalized spacial score (nSPS) is 18.8. The molecule has 2 heterocycles. The molecule has 0 bridgehead atoms. The highest BCUT2D eigenvalue weighted by atomic mass is 35.5. The van der Waals surface area contributed by atoms with Crippen LogP contribution >= 0.6 is 11.6 Å². The summed E-state index contributed by atoms with van der Waals surface area (Å²) in [5, 5.41) is 4.91. The number of rotatable bonds is 5. The van der Waals surface area contributed by atoms with Gasteiger partial charge in [-0.25, -0.2) is 0 Å². The number of carbonyl (C=O) groups excluding carboxylic acids is 1. The summed E-state index contributed by atoms with van der Waals surface area (Å²) < 4.78 is 5.51. The Labute approximate surface area is 147 Å². The average Bonchev–Trinajstić information content (AvgIpc) is 3.26. The van der Waals surface area contributed by atoms with Gasteiger partial charge in [-0.15, -0.1) is 0 Å². The number of nitrogens with zero attached hydrogens (tertiary/aromatic N) is 3. The number of benzene rings is 1. The topological polar surface area (TPSA) is 59.2 Å². The molecule has 6 heteroatoms. The summed E-state index contributed by atoms with van der Waals surface area (Å²) in [5.74, 6) is 1.77. The number of likely N-dealkylation sites (tertiary alicyclic amines) is 1. The van der Waals surface area contributed by atoms with Crippen molar-refractivity contribution in [2.45, 2.75) is 44.9 Å². The second kappa shape index (κ2) is 7.34. The van der Waals surface area contributed by atoms with E-state index < -0.39 is 0 Å². The molecule has 5 nitrogen and oxygen atoms in total. The van der Waals surface area contributed by atoms with Crippen LogP contribution in [-0.2, 0) is 4.79 Å². The van der Waals surface area contributed by atoms with Crippen LogP contribution in [0.3, 0.4) is 0 Å². The zero-order valence-corrected chi connectivity index (χ0v) is 14.8. The smallest absolute Gasteiger partial charge is 0.231 e. The number of hydrogen-bond donors (Lipinski definition) is 0. The molecule has 3 rings (SSSR count). The third kappa shape index (κ3) is 3.46. The predicted molar refractivity (Wildman–Crippen MR) is 92.1 cm³/mol. The summed E-state index contributed by atoms with van der Waals surface area (Å²) in [6.45, 7) is 5.43. The Morgan fingerprint density at radius 3 is 2.79 bits per heavy atom. The highest BCUT2D eigenvalue weighted by Crippen LogP contribution is 2.30. The first kappa shape index (κ1) is 17.0. The van der Waals surface area contributed by atoms with Gasteiger partial charge in [-0.3, -0.25) is 4.79 Å². The molecule has 2 atom stereocenters. The molecule has 1 saturated heterocycles. The molecule has 0 saturated carbocycles. The van der Waals surface area contributed by atoms with Crippen molar-refractivity contribution in [1.29, 1.82) is 0 Å². The van der Waals surface area contributed by atoms with E-state index in [9.17, 15) is 4.79 Å². The van der Waals surface area contributed by atoms with Crippen molar-refractivity contribution >= 4 is 17.5 Å². The van der Waals surface area contributed by atoms with Crippen LogP contribution in [0, 0.1) is 0 Å². The van der Waals surface area contributed by atoms with Crippen LogP contribution in [0.2, 0.25) is 5.02 Å². The zero-order chi connectivity index (χ0) is 17.1. The van der Waals surface area contributed by atoms with Crippen molar-refractivity contribution in [3.63, 3.8) is 0 Å². The maximum Gasteiger partial charge on any atom is 0.231 e. The Balaban J connectivity index is 1.75. The minimum atomic E-state index is 0.0922. The van der Waals surface area contributed by atoms with E-state index in [1.165, 1.54) is 0 Å². The highest BCUT2D eigenvalue weighted by molar-refractivity contribution is 6.30. The Hall–Kier alpha value is -1.88. The Kier molecular flexibility index (Phi) is 5.19. The van der Waals surface area contributed by atoms with E-state index in [0.717, 1.165) is 24.9 Å². The molecule has 0 aliphatic carbocycles. The second-order valence-corrected chi connectivity index (χ2v) is 6.62. The lowest BCUT2D eigenvalue weighted by Gasteiger charge is -2.14. The first-order valence-corrected chi connectivity index (χ1v) is 8.86. The van der Waals surface area contributed by atoms with Gasteiger partial charge in [0.1, 0.15) is 0 Å². The van der Waals surface area contributed by atoms with Crippen LogP contribution in [0.4, 0.5) is 0 Å². The molecule has 1 aliphatic heterocycles. The molecule has 0 spiro atoms. The molecule has 24 heavy (non-hydrogen) atoms. The minimum Gasteiger partial charge on any atom is -0.342 e. The number of hydrogen-bond acceptors (Lipinski definition) is 4. The van der Waals surface area contributed by atoms with E-state index in [1.54, 1.807) is 0 Å².